The summed E-state index contributed by atoms with van der Waals surface area (Å²) in [6.07, 6.45) is 3.13. The van der Waals surface area contributed by atoms with Crippen LogP contribution in [0.5, 0.6) is 0 Å². The maximum absolute atomic E-state index is 11.6. The zero-order valence-corrected chi connectivity index (χ0v) is 8.89. The molecule has 74 valence electrons. The van der Waals surface area contributed by atoms with Crippen molar-refractivity contribution in [3.8, 4) is 0 Å². The van der Waals surface area contributed by atoms with Gasteiger partial charge in [-0.25, -0.2) is 0 Å². The quantitative estimate of drug-likeness (QED) is 0.560. The fourth-order valence-corrected chi connectivity index (χ4v) is 3.21. The molecular weight excluding hydrogens is 162 g/mol. The van der Waals surface area contributed by atoms with Gasteiger partial charge in [0.15, 0.2) is 0 Å². The standard InChI is InChI=1S/C11H19NO/c1-10(2)6-11(3)5-4-9(13)12(7-10)8-11/h4-8H2,1-3H3. The van der Waals surface area contributed by atoms with E-state index in [1.54, 1.807) is 0 Å². The van der Waals surface area contributed by atoms with E-state index < -0.39 is 0 Å². The minimum absolute atomic E-state index is 0.322. The summed E-state index contributed by atoms with van der Waals surface area (Å²) in [5.74, 6) is 0.366. The average molecular weight is 181 g/mol. The molecule has 0 saturated carbocycles. The van der Waals surface area contributed by atoms with Gasteiger partial charge in [0.05, 0.1) is 0 Å². The van der Waals surface area contributed by atoms with Gasteiger partial charge in [-0.3, -0.25) is 4.79 Å². The molecule has 2 saturated heterocycles. The first kappa shape index (κ1) is 9.04. The Bertz CT molecular complexity index is 244. The zero-order valence-electron chi connectivity index (χ0n) is 8.89. The first-order valence-electron chi connectivity index (χ1n) is 5.18. The number of rotatable bonds is 0. The van der Waals surface area contributed by atoms with E-state index in [1.807, 2.05) is 0 Å². The third-order valence-electron chi connectivity index (χ3n) is 3.39. The molecule has 0 aliphatic carbocycles. The molecule has 1 atom stereocenters. The van der Waals surface area contributed by atoms with Crippen LogP contribution in [0.15, 0.2) is 0 Å². The lowest BCUT2D eigenvalue weighted by Gasteiger charge is -2.51. The number of carbonyl (C=O) groups excluding carboxylic acids is 1. The molecule has 2 heterocycles. The van der Waals surface area contributed by atoms with Crippen LogP contribution in [0.3, 0.4) is 0 Å². The predicted octanol–water partition coefficient (Wildman–Crippen LogP) is 2.04. The molecule has 0 N–H and O–H groups in total. The molecule has 2 aliphatic heterocycles. The van der Waals surface area contributed by atoms with Gasteiger partial charge >= 0.3 is 0 Å². The first-order chi connectivity index (χ1) is 5.90. The van der Waals surface area contributed by atoms with Gasteiger partial charge < -0.3 is 4.90 Å². The van der Waals surface area contributed by atoms with Gasteiger partial charge in [0.2, 0.25) is 5.91 Å². The van der Waals surface area contributed by atoms with Crippen molar-refractivity contribution >= 4 is 5.91 Å². The molecule has 1 amide bonds. The molecule has 13 heavy (non-hydrogen) atoms. The molecule has 2 bridgehead atoms. The van der Waals surface area contributed by atoms with Crippen LogP contribution in [0.2, 0.25) is 0 Å². The predicted molar refractivity (Wildman–Crippen MR) is 52.3 cm³/mol. The maximum atomic E-state index is 11.6. The van der Waals surface area contributed by atoms with Gasteiger partial charge in [0.1, 0.15) is 0 Å². The van der Waals surface area contributed by atoms with Crippen LogP contribution in [0.4, 0.5) is 0 Å². The summed E-state index contributed by atoms with van der Waals surface area (Å²) < 4.78 is 0. The van der Waals surface area contributed by atoms with E-state index >= 15 is 0 Å². The van der Waals surface area contributed by atoms with E-state index in [-0.39, 0.29) is 0 Å². The molecule has 2 fully saturated rings. The highest BCUT2D eigenvalue weighted by atomic mass is 16.2. The Labute approximate surface area is 80.3 Å². The molecule has 0 spiro atoms. The number of piperidine rings is 2. The van der Waals surface area contributed by atoms with Crippen molar-refractivity contribution in [3.05, 3.63) is 0 Å². The molecule has 2 aliphatic rings. The van der Waals surface area contributed by atoms with E-state index in [2.05, 4.69) is 25.7 Å². The van der Waals surface area contributed by atoms with Crippen molar-refractivity contribution in [3.63, 3.8) is 0 Å². The molecule has 0 aromatic carbocycles. The van der Waals surface area contributed by atoms with Gasteiger partial charge in [0.25, 0.3) is 0 Å². The molecule has 2 rings (SSSR count). The topological polar surface area (TPSA) is 20.3 Å². The highest BCUT2D eigenvalue weighted by Crippen LogP contribution is 2.45. The molecule has 1 unspecified atom stereocenters. The monoisotopic (exact) mass is 181 g/mol. The molecule has 2 heteroatoms. The lowest BCUT2D eigenvalue weighted by Crippen LogP contribution is -2.55. The third-order valence-corrected chi connectivity index (χ3v) is 3.39. The fourth-order valence-electron chi connectivity index (χ4n) is 3.21. The number of hydrogen-bond donors (Lipinski definition) is 0. The lowest BCUT2D eigenvalue weighted by atomic mass is 9.66. The largest absolute Gasteiger partial charge is 0.342 e. The second-order valence-electron chi connectivity index (χ2n) is 5.90. The minimum Gasteiger partial charge on any atom is -0.342 e. The maximum Gasteiger partial charge on any atom is 0.222 e. The number of carbonyl (C=O) groups is 1. The summed E-state index contributed by atoms with van der Waals surface area (Å²) in [4.78, 5) is 13.6. The van der Waals surface area contributed by atoms with Crippen molar-refractivity contribution in [2.45, 2.75) is 40.0 Å². The van der Waals surface area contributed by atoms with Crippen LogP contribution >= 0.6 is 0 Å². The van der Waals surface area contributed by atoms with Gasteiger partial charge in [-0.2, -0.15) is 0 Å². The summed E-state index contributed by atoms with van der Waals surface area (Å²) in [5, 5.41) is 0. The van der Waals surface area contributed by atoms with Gasteiger partial charge in [0, 0.05) is 19.5 Å². The summed E-state index contributed by atoms with van der Waals surface area (Å²) >= 11 is 0. The number of hydrogen-bond acceptors (Lipinski definition) is 1. The second-order valence-corrected chi connectivity index (χ2v) is 5.90. The van der Waals surface area contributed by atoms with Gasteiger partial charge in [-0.1, -0.05) is 20.8 Å². The van der Waals surface area contributed by atoms with Crippen molar-refractivity contribution in [1.82, 2.24) is 4.90 Å². The van der Waals surface area contributed by atoms with Crippen LogP contribution < -0.4 is 0 Å². The van der Waals surface area contributed by atoms with Crippen LogP contribution in [-0.2, 0) is 4.79 Å². The highest BCUT2D eigenvalue weighted by Gasteiger charge is 2.44. The summed E-state index contributed by atoms with van der Waals surface area (Å²) in [5.41, 5.74) is 0.721. The van der Waals surface area contributed by atoms with Crippen LogP contribution in [-0.4, -0.2) is 23.9 Å². The van der Waals surface area contributed by atoms with E-state index in [0.29, 0.717) is 16.7 Å². The third kappa shape index (κ3) is 1.59. The molecule has 0 aromatic heterocycles. The van der Waals surface area contributed by atoms with Crippen LogP contribution in [0, 0.1) is 10.8 Å². The Morgan fingerprint density at radius 3 is 2.62 bits per heavy atom. The number of fused-ring (bicyclic) bond motifs is 2. The average Bonchev–Trinajstić information content (AvgIpc) is 1.94. The Kier molecular flexibility index (Phi) is 1.73. The fraction of sp³-hybridized carbons (Fsp3) is 0.909. The normalized spacial score (nSPS) is 37.8. The molecule has 0 aromatic rings. The Morgan fingerprint density at radius 1 is 1.23 bits per heavy atom. The number of amides is 1. The van der Waals surface area contributed by atoms with E-state index in [1.165, 1.54) is 6.42 Å². The molecule has 2 nitrogen and oxygen atoms in total. The lowest BCUT2D eigenvalue weighted by molar-refractivity contribution is -0.145. The molecule has 0 radical (unpaired) electrons. The zero-order chi connectivity index (χ0) is 9.69. The summed E-state index contributed by atoms with van der Waals surface area (Å²) in [6, 6.07) is 0. The van der Waals surface area contributed by atoms with E-state index in [9.17, 15) is 4.79 Å². The minimum atomic E-state index is 0.322. The second kappa shape index (κ2) is 2.49. The van der Waals surface area contributed by atoms with E-state index in [0.717, 1.165) is 25.9 Å². The summed E-state index contributed by atoms with van der Waals surface area (Å²) in [6.45, 7) is 8.83. The molecular formula is C11H19NO. The van der Waals surface area contributed by atoms with Crippen LogP contribution in [0.25, 0.3) is 0 Å². The Hall–Kier alpha value is -0.530. The van der Waals surface area contributed by atoms with Gasteiger partial charge in [-0.05, 0) is 23.7 Å². The van der Waals surface area contributed by atoms with Crippen molar-refractivity contribution in [2.24, 2.45) is 10.8 Å². The van der Waals surface area contributed by atoms with Gasteiger partial charge in [-0.15, -0.1) is 0 Å². The van der Waals surface area contributed by atoms with Crippen molar-refractivity contribution < 1.29 is 4.79 Å². The van der Waals surface area contributed by atoms with Crippen LogP contribution in [0.1, 0.15) is 40.0 Å². The van der Waals surface area contributed by atoms with E-state index in [4.69, 9.17) is 0 Å². The number of nitrogens with zero attached hydrogens (tertiary/aromatic N) is 1. The summed E-state index contributed by atoms with van der Waals surface area (Å²) in [7, 11) is 0. The van der Waals surface area contributed by atoms with Crippen molar-refractivity contribution in [2.75, 3.05) is 13.1 Å². The smallest absolute Gasteiger partial charge is 0.222 e. The first-order valence-corrected chi connectivity index (χ1v) is 5.18. The Balaban J connectivity index is 2.23. The van der Waals surface area contributed by atoms with Crippen molar-refractivity contribution in [1.29, 1.82) is 0 Å². The Morgan fingerprint density at radius 2 is 1.92 bits per heavy atom. The SMILES string of the molecule is CC1(C)CN2CC(C)(CCC2=O)C1. The highest BCUT2D eigenvalue weighted by molar-refractivity contribution is 5.77.